The summed E-state index contributed by atoms with van der Waals surface area (Å²) in [5, 5.41) is 3.13. The molecular formula is C17H20N2O3S3. The number of sulfonamides is 1. The Morgan fingerprint density at radius 2 is 2.04 bits per heavy atom. The number of hydrogen-bond acceptors (Lipinski definition) is 5. The molecule has 25 heavy (non-hydrogen) atoms. The summed E-state index contributed by atoms with van der Waals surface area (Å²) in [5.74, 6) is 0.925. The number of benzene rings is 1. The van der Waals surface area contributed by atoms with Gasteiger partial charge in [0.05, 0.1) is 17.2 Å². The first-order valence-corrected chi connectivity index (χ1v) is 11.7. The highest BCUT2D eigenvalue weighted by molar-refractivity contribution is 7.99. The van der Waals surface area contributed by atoms with Crippen LogP contribution in [0.3, 0.4) is 0 Å². The van der Waals surface area contributed by atoms with E-state index in [9.17, 15) is 13.2 Å². The van der Waals surface area contributed by atoms with Crippen molar-refractivity contribution in [2.24, 2.45) is 0 Å². The number of thiophene rings is 1. The number of fused-ring (bicyclic) bond motifs is 1. The van der Waals surface area contributed by atoms with Crippen LogP contribution in [0.1, 0.15) is 32.6 Å². The molecule has 0 fully saturated rings. The molecule has 0 spiro atoms. The molecule has 2 aromatic rings. The minimum absolute atomic E-state index is 0.0439. The van der Waals surface area contributed by atoms with E-state index in [0.29, 0.717) is 17.8 Å². The van der Waals surface area contributed by atoms with Gasteiger partial charge < -0.3 is 5.32 Å². The van der Waals surface area contributed by atoms with Crippen molar-refractivity contribution in [1.29, 1.82) is 0 Å². The maximum atomic E-state index is 12.6. The fraction of sp³-hybridized carbons (Fsp3) is 0.353. The average Bonchev–Trinajstić information content (AvgIpc) is 3.03. The summed E-state index contributed by atoms with van der Waals surface area (Å²) in [7, 11) is -3.18. The van der Waals surface area contributed by atoms with Crippen molar-refractivity contribution in [2.75, 3.05) is 18.6 Å². The lowest BCUT2D eigenvalue weighted by atomic mass is 10.0. The molecule has 134 valence electrons. The zero-order valence-corrected chi connectivity index (χ0v) is 16.3. The van der Waals surface area contributed by atoms with Crippen molar-refractivity contribution in [1.82, 2.24) is 10.0 Å². The molecule has 0 aliphatic carbocycles. The van der Waals surface area contributed by atoms with Crippen molar-refractivity contribution < 1.29 is 13.2 Å². The molecule has 1 aromatic carbocycles. The molecule has 2 heterocycles. The summed E-state index contributed by atoms with van der Waals surface area (Å²) in [6, 6.07) is 11.9. The van der Waals surface area contributed by atoms with Gasteiger partial charge in [0.15, 0.2) is 0 Å². The van der Waals surface area contributed by atoms with E-state index in [0.717, 1.165) is 23.3 Å². The second-order valence-electron chi connectivity index (χ2n) is 5.88. The van der Waals surface area contributed by atoms with Gasteiger partial charge in [-0.2, -0.15) is 0 Å². The molecule has 0 saturated carbocycles. The minimum Gasteiger partial charge on any atom is -0.344 e. The Labute approximate surface area is 156 Å². The molecule has 8 heteroatoms. The van der Waals surface area contributed by atoms with E-state index in [2.05, 4.69) is 22.2 Å². The van der Waals surface area contributed by atoms with E-state index in [1.54, 1.807) is 6.07 Å². The minimum atomic E-state index is -3.18. The summed E-state index contributed by atoms with van der Waals surface area (Å²) in [4.78, 5) is 15.4. The van der Waals surface area contributed by atoms with Gasteiger partial charge in [-0.25, -0.2) is 13.1 Å². The third-order valence-electron chi connectivity index (χ3n) is 3.88. The number of hydrogen-bond donors (Lipinski definition) is 2. The first-order chi connectivity index (χ1) is 11.9. The van der Waals surface area contributed by atoms with Gasteiger partial charge in [-0.15, -0.1) is 23.1 Å². The molecule has 1 atom stereocenters. The molecule has 1 aliphatic heterocycles. The Kier molecular flexibility index (Phi) is 5.83. The van der Waals surface area contributed by atoms with Crippen LogP contribution in [-0.2, 0) is 16.4 Å². The lowest BCUT2D eigenvalue weighted by molar-refractivity contribution is 0.0939. The van der Waals surface area contributed by atoms with Gasteiger partial charge >= 0.3 is 0 Å². The Hall–Kier alpha value is -1.35. The molecule has 0 bridgehead atoms. The van der Waals surface area contributed by atoms with Crippen LogP contribution in [0.25, 0.3) is 0 Å². The van der Waals surface area contributed by atoms with Crippen molar-refractivity contribution in [2.45, 2.75) is 23.8 Å². The maximum Gasteiger partial charge on any atom is 0.261 e. The third-order valence-corrected chi connectivity index (χ3v) is 6.88. The standard InChI is InChI=1S/C17H20N2O3S3/c1-25(21,22)18-10-8-12-6-7-16(24-12)17(20)19-14-9-11-23-15-5-3-2-4-13(14)15/h2-7,14,18H,8-11H2,1H3,(H,19,20). The fourth-order valence-electron chi connectivity index (χ4n) is 2.72. The SMILES string of the molecule is CS(=O)(=O)NCCc1ccc(C(=O)NC2CCSc3ccccc32)s1. The van der Waals surface area contributed by atoms with E-state index >= 15 is 0 Å². The highest BCUT2D eigenvalue weighted by Crippen LogP contribution is 2.36. The highest BCUT2D eigenvalue weighted by Gasteiger charge is 2.22. The van der Waals surface area contributed by atoms with Crippen molar-refractivity contribution >= 4 is 39.0 Å². The monoisotopic (exact) mass is 396 g/mol. The van der Waals surface area contributed by atoms with Crippen LogP contribution >= 0.6 is 23.1 Å². The lowest BCUT2D eigenvalue weighted by Gasteiger charge is -2.25. The number of amides is 1. The molecule has 5 nitrogen and oxygen atoms in total. The molecule has 1 aromatic heterocycles. The van der Waals surface area contributed by atoms with Crippen LogP contribution < -0.4 is 10.0 Å². The normalized spacial score (nSPS) is 17.1. The molecule has 2 N–H and O–H groups in total. The van der Waals surface area contributed by atoms with Crippen molar-refractivity contribution in [3.05, 3.63) is 51.7 Å². The second-order valence-corrected chi connectivity index (χ2v) is 10.0. The Bertz CT molecular complexity index is 862. The zero-order valence-electron chi connectivity index (χ0n) is 13.8. The molecule has 1 amide bonds. The van der Waals surface area contributed by atoms with Gasteiger partial charge in [0.25, 0.3) is 5.91 Å². The summed E-state index contributed by atoms with van der Waals surface area (Å²) >= 11 is 3.24. The van der Waals surface area contributed by atoms with Crippen LogP contribution in [-0.4, -0.2) is 32.9 Å². The van der Waals surface area contributed by atoms with Crippen LogP contribution in [0.5, 0.6) is 0 Å². The van der Waals surface area contributed by atoms with Gasteiger partial charge in [-0.1, -0.05) is 18.2 Å². The number of thioether (sulfide) groups is 1. The van der Waals surface area contributed by atoms with E-state index in [1.165, 1.54) is 21.8 Å². The van der Waals surface area contributed by atoms with Crippen molar-refractivity contribution in [3.8, 4) is 0 Å². The maximum absolute atomic E-state index is 12.6. The van der Waals surface area contributed by atoms with Gasteiger partial charge in [0.2, 0.25) is 10.0 Å². The first kappa shape index (κ1) is 18.4. The van der Waals surface area contributed by atoms with Crippen molar-refractivity contribution in [3.63, 3.8) is 0 Å². The van der Waals surface area contributed by atoms with E-state index < -0.39 is 10.0 Å². The first-order valence-electron chi connectivity index (χ1n) is 7.98. The summed E-state index contributed by atoms with van der Waals surface area (Å²) in [6.07, 6.45) is 2.64. The quantitative estimate of drug-likeness (QED) is 0.787. The molecule has 1 unspecified atom stereocenters. The molecular weight excluding hydrogens is 376 g/mol. The largest absolute Gasteiger partial charge is 0.344 e. The topological polar surface area (TPSA) is 75.3 Å². The van der Waals surface area contributed by atoms with E-state index in [-0.39, 0.29) is 11.9 Å². The Morgan fingerprint density at radius 1 is 1.24 bits per heavy atom. The van der Waals surface area contributed by atoms with Gasteiger partial charge in [0.1, 0.15) is 0 Å². The summed E-state index contributed by atoms with van der Waals surface area (Å²) in [6.45, 7) is 0.341. The van der Waals surface area contributed by atoms with Crippen LogP contribution in [0.2, 0.25) is 0 Å². The van der Waals surface area contributed by atoms with Gasteiger partial charge in [0, 0.05) is 22.1 Å². The summed E-state index contributed by atoms with van der Waals surface area (Å²) < 4.78 is 24.6. The van der Waals surface area contributed by atoms with E-state index in [1.807, 2.05) is 30.0 Å². The predicted octanol–water partition coefficient (Wildman–Crippen LogP) is 2.81. The Balaban J connectivity index is 1.61. The van der Waals surface area contributed by atoms with Crippen LogP contribution in [0, 0.1) is 0 Å². The zero-order chi connectivity index (χ0) is 17.9. The summed E-state index contributed by atoms with van der Waals surface area (Å²) in [5.41, 5.74) is 1.18. The molecule has 0 radical (unpaired) electrons. The average molecular weight is 397 g/mol. The predicted molar refractivity (Wildman–Crippen MR) is 103 cm³/mol. The van der Waals surface area contributed by atoms with Crippen LogP contribution in [0.4, 0.5) is 0 Å². The highest BCUT2D eigenvalue weighted by atomic mass is 32.2. The fourth-order valence-corrected chi connectivity index (χ4v) is 5.22. The Morgan fingerprint density at radius 3 is 2.84 bits per heavy atom. The van der Waals surface area contributed by atoms with E-state index in [4.69, 9.17) is 0 Å². The number of carbonyl (C=O) groups excluding carboxylic acids is 1. The van der Waals surface area contributed by atoms with Crippen LogP contribution in [0.15, 0.2) is 41.3 Å². The number of nitrogens with one attached hydrogen (secondary N) is 2. The lowest BCUT2D eigenvalue weighted by Crippen LogP contribution is -2.30. The number of carbonyl (C=O) groups is 1. The smallest absolute Gasteiger partial charge is 0.261 e. The molecule has 0 saturated heterocycles. The third kappa shape index (κ3) is 5.07. The molecule has 1 aliphatic rings. The second kappa shape index (κ2) is 7.90. The number of rotatable bonds is 6. The van der Waals surface area contributed by atoms with Gasteiger partial charge in [-0.05, 0) is 36.6 Å². The molecule has 3 rings (SSSR count). The van der Waals surface area contributed by atoms with Gasteiger partial charge in [-0.3, -0.25) is 4.79 Å².